The number of carbonyl (C=O) groups is 2. The number of aldehydes is 1. The lowest BCUT2D eigenvalue weighted by Crippen LogP contribution is -2.59. The molecule has 1 aromatic carbocycles. The molecule has 3 atom stereocenters. The minimum absolute atomic E-state index is 0.0917. The zero-order valence-corrected chi connectivity index (χ0v) is 17.8. The van der Waals surface area contributed by atoms with Crippen LogP contribution in [0.3, 0.4) is 0 Å². The number of amides is 1. The third kappa shape index (κ3) is 3.80. The molecule has 2 unspecified atom stereocenters. The van der Waals surface area contributed by atoms with Crippen molar-refractivity contribution in [3.63, 3.8) is 0 Å². The summed E-state index contributed by atoms with van der Waals surface area (Å²) >= 11 is 0. The number of aromatic hydroxyl groups is 1. The Labute approximate surface area is 180 Å². The van der Waals surface area contributed by atoms with Crippen LogP contribution in [-0.2, 0) is 4.79 Å². The van der Waals surface area contributed by atoms with Crippen LogP contribution in [0.5, 0.6) is 11.5 Å². The van der Waals surface area contributed by atoms with Crippen LogP contribution in [0.4, 0.5) is 4.39 Å². The lowest BCUT2D eigenvalue weighted by Gasteiger charge is -2.44. The largest absolute Gasteiger partial charge is 0.507 e. The van der Waals surface area contributed by atoms with Crippen LogP contribution in [0.15, 0.2) is 41.5 Å². The van der Waals surface area contributed by atoms with E-state index >= 15 is 0 Å². The van der Waals surface area contributed by atoms with Gasteiger partial charge in [-0.1, -0.05) is 0 Å². The Morgan fingerprint density at radius 3 is 3.00 bits per heavy atom. The Balaban J connectivity index is 1.55. The van der Waals surface area contributed by atoms with Gasteiger partial charge in [0.15, 0.2) is 6.29 Å². The van der Waals surface area contributed by atoms with Crippen molar-refractivity contribution < 1.29 is 23.8 Å². The zero-order valence-electron chi connectivity index (χ0n) is 17.8. The lowest BCUT2D eigenvalue weighted by molar-refractivity contribution is -0.132. The number of rotatable bonds is 6. The van der Waals surface area contributed by atoms with Crippen LogP contribution in [0.25, 0.3) is 0 Å². The van der Waals surface area contributed by atoms with Crippen molar-refractivity contribution in [2.45, 2.75) is 44.8 Å². The number of likely N-dealkylation sites (N-methyl/N-ethyl adjacent to an activating group) is 1. The number of fused-ring (bicyclic) bond motifs is 1. The fourth-order valence-electron chi connectivity index (χ4n) is 4.87. The molecule has 3 N–H and O–H groups in total. The summed E-state index contributed by atoms with van der Waals surface area (Å²) in [6.45, 7) is 5.68. The Hall–Kier alpha value is -2.87. The van der Waals surface area contributed by atoms with Crippen molar-refractivity contribution >= 4 is 12.2 Å². The smallest absolute Gasteiger partial charge is 0.245 e. The van der Waals surface area contributed by atoms with Gasteiger partial charge in [-0.05, 0) is 57.5 Å². The van der Waals surface area contributed by atoms with E-state index in [0.717, 1.165) is 18.5 Å². The molecule has 2 saturated heterocycles. The molecule has 4 rings (SSSR count). The van der Waals surface area contributed by atoms with Crippen LogP contribution in [-0.4, -0.2) is 53.5 Å². The number of nitrogens with one attached hydrogen (secondary N) is 2. The summed E-state index contributed by atoms with van der Waals surface area (Å²) in [5, 5.41) is 15.9. The molecule has 0 bridgehead atoms. The summed E-state index contributed by atoms with van der Waals surface area (Å²) in [5.41, 5.74) is 0.686. The fourth-order valence-corrected chi connectivity index (χ4v) is 4.87. The highest BCUT2D eigenvalue weighted by Crippen LogP contribution is 2.44. The monoisotopic (exact) mass is 429 g/mol. The molecule has 0 saturated carbocycles. The molecule has 31 heavy (non-hydrogen) atoms. The second-order valence-corrected chi connectivity index (χ2v) is 8.47. The summed E-state index contributed by atoms with van der Waals surface area (Å²) < 4.78 is 20.5. The van der Waals surface area contributed by atoms with Gasteiger partial charge >= 0.3 is 0 Å². The van der Waals surface area contributed by atoms with Crippen molar-refractivity contribution in [3.8, 4) is 11.5 Å². The Morgan fingerprint density at radius 1 is 1.45 bits per heavy atom. The SMILES string of the molecule is CCNC1=C2NC(=O)C(C)(N3CCC[C@@H](Oc4ccc(O)c(C=O)c4)C3)C2CC(F)=C1. The van der Waals surface area contributed by atoms with E-state index in [1.165, 1.54) is 18.2 Å². The first-order chi connectivity index (χ1) is 14.9. The molecule has 1 amide bonds. The molecule has 2 fully saturated rings. The number of phenols is 1. The van der Waals surface area contributed by atoms with Gasteiger partial charge in [0.1, 0.15) is 29.0 Å². The number of allylic oxidation sites excluding steroid dienone is 2. The molecule has 0 radical (unpaired) electrons. The van der Waals surface area contributed by atoms with Crippen LogP contribution < -0.4 is 15.4 Å². The van der Waals surface area contributed by atoms with E-state index in [2.05, 4.69) is 15.5 Å². The maximum atomic E-state index is 14.5. The van der Waals surface area contributed by atoms with Gasteiger partial charge < -0.3 is 20.5 Å². The van der Waals surface area contributed by atoms with Crippen LogP contribution in [0.1, 0.15) is 43.5 Å². The lowest BCUT2D eigenvalue weighted by atomic mass is 9.79. The van der Waals surface area contributed by atoms with E-state index < -0.39 is 5.54 Å². The van der Waals surface area contributed by atoms with Crippen molar-refractivity contribution in [2.24, 2.45) is 5.92 Å². The average Bonchev–Trinajstić information content (AvgIpc) is 3.01. The van der Waals surface area contributed by atoms with E-state index in [1.54, 1.807) is 6.07 Å². The Morgan fingerprint density at radius 2 is 2.26 bits per heavy atom. The minimum Gasteiger partial charge on any atom is -0.507 e. The van der Waals surface area contributed by atoms with Gasteiger partial charge in [0.2, 0.25) is 5.91 Å². The molecule has 3 aliphatic rings. The predicted molar refractivity (Wildman–Crippen MR) is 113 cm³/mol. The van der Waals surface area contributed by atoms with Gasteiger partial charge in [0, 0.05) is 31.1 Å². The Bertz CT molecular complexity index is 960. The molecule has 2 heterocycles. The quantitative estimate of drug-likeness (QED) is 0.603. The molecular formula is C23H28FN3O4. The van der Waals surface area contributed by atoms with Crippen molar-refractivity contribution in [1.29, 1.82) is 0 Å². The maximum absolute atomic E-state index is 14.5. The van der Waals surface area contributed by atoms with E-state index in [1.807, 2.05) is 13.8 Å². The normalized spacial score (nSPS) is 28.6. The topological polar surface area (TPSA) is 90.9 Å². The standard InChI is InChI=1S/C23H28FN3O4/c1-3-25-19-11-15(24)10-18-21(19)26-22(30)23(18,2)27-8-4-5-17(12-27)31-16-6-7-20(29)14(9-16)13-28/h6-7,9,11,13,17-18,25,29H,3-5,8,10,12H2,1-2H3,(H,26,30)/t17-,18?,23?/m1/s1. The molecule has 1 aliphatic carbocycles. The number of likely N-dealkylation sites (tertiary alicyclic amines) is 1. The fraction of sp³-hybridized carbons (Fsp3) is 0.478. The average molecular weight is 429 g/mol. The molecule has 8 heteroatoms. The van der Waals surface area contributed by atoms with Gasteiger partial charge in [0.25, 0.3) is 0 Å². The van der Waals surface area contributed by atoms with Crippen molar-refractivity contribution in [3.05, 3.63) is 47.1 Å². The summed E-state index contributed by atoms with van der Waals surface area (Å²) in [5.74, 6) is -0.254. The molecule has 2 aliphatic heterocycles. The highest BCUT2D eigenvalue weighted by atomic mass is 19.1. The molecule has 166 valence electrons. The maximum Gasteiger partial charge on any atom is 0.245 e. The number of hydrogen-bond acceptors (Lipinski definition) is 6. The van der Waals surface area contributed by atoms with Gasteiger partial charge in [-0.3, -0.25) is 14.5 Å². The summed E-state index contributed by atoms with van der Waals surface area (Å²) in [7, 11) is 0. The third-order valence-corrected chi connectivity index (χ3v) is 6.56. The molecular weight excluding hydrogens is 401 g/mol. The van der Waals surface area contributed by atoms with E-state index in [9.17, 15) is 19.1 Å². The number of hydrogen-bond donors (Lipinski definition) is 3. The first kappa shape index (κ1) is 21.4. The van der Waals surface area contributed by atoms with Gasteiger partial charge in [-0.15, -0.1) is 0 Å². The molecule has 0 aromatic heterocycles. The third-order valence-electron chi connectivity index (χ3n) is 6.56. The molecule has 7 nitrogen and oxygen atoms in total. The molecule has 1 aromatic rings. The second-order valence-electron chi connectivity index (χ2n) is 8.47. The van der Waals surface area contributed by atoms with Crippen LogP contribution in [0, 0.1) is 5.92 Å². The van der Waals surface area contributed by atoms with Gasteiger partial charge in [-0.2, -0.15) is 0 Å². The predicted octanol–water partition coefficient (Wildman–Crippen LogP) is 2.63. The van der Waals surface area contributed by atoms with Crippen molar-refractivity contribution in [2.75, 3.05) is 19.6 Å². The second kappa shape index (κ2) is 8.34. The summed E-state index contributed by atoms with van der Waals surface area (Å²) in [6.07, 6.45) is 3.68. The zero-order chi connectivity index (χ0) is 22.2. The number of benzene rings is 1. The van der Waals surface area contributed by atoms with Gasteiger partial charge in [-0.25, -0.2) is 4.39 Å². The number of phenolic OH excluding ortho intramolecular Hbond substituents is 1. The number of nitrogens with zero attached hydrogens (tertiary/aromatic N) is 1. The highest BCUT2D eigenvalue weighted by molar-refractivity contribution is 5.92. The number of halogens is 1. The van der Waals surface area contributed by atoms with E-state index in [0.29, 0.717) is 37.4 Å². The van der Waals surface area contributed by atoms with Gasteiger partial charge in [0.05, 0.1) is 11.3 Å². The molecule has 0 spiro atoms. The summed E-state index contributed by atoms with van der Waals surface area (Å²) in [4.78, 5) is 26.3. The summed E-state index contributed by atoms with van der Waals surface area (Å²) in [6, 6.07) is 4.56. The first-order valence-corrected chi connectivity index (χ1v) is 10.7. The minimum atomic E-state index is -0.882. The van der Waals surface area contributed by atoms with Crippen LogP contribution >= 0.6 is 0 Å². The highest BCUT2D eigenvalue weighted by Gasteiger charge is 2.55. The van der Waals surface area contributed by atoms with E-state index in [-0.39, 0.29) is 41.5 Å². The van der Waals surface area contributed by atoms with Crippen LogP contribution in [0.2, 0.25) is 0 Å². The number of piperidine rings is 1. The Kier molecular flexibility index (Phi) is 5.75. The first-order valence-electron chi connectivity index (χ1n) is 10.7. The van der Waals surface area contributed by atoms with E-state index in [4.69, 9.17) is 4.74 Å². The number of ether oxygens (including phenoxy) is 1. The number of carbonyl (C=O) groups excluding carboxylic acids is 2. The van der Waals surface area contributed by atoms with Crippen molar-refractivity contribution in [1.82, 2.24) is 15.5 Å².